The molecule has 0 radical (unpaired) electrons. The van der Waals surface area contributed by atoms with Gasteiger partial charge in [-0.1, -0.05) is 55.5 Å². The fourth-order valence-electron chi connectivity index (χ4n) is 1.89. The van der Waals surface area contributed by atoms with E-state index in [0.29, 0.717) is 5.75 Å². The summed E-state index contributed by atoms with van der Waals surface area (Å²) in [5, 5.41) is 0. The maximum Gasteiger partial charge on any atom is 0.380 e. The summed E-state index contributed by atoms with van der Waals surface area (Å²) in [6.07, 6.45) is 0.785. The minimum Gasteiger partial charge on any atom is -0.424 e. The van der Waals surface area contributed by atoms with E-state index < -0.39 is 7.60 Å². The molecule has 0 saturated heterocycles. The third-order valence-corrected chi connectivity index (χ3v) is 4.07. The average molecular weight is 276 g/mol. The molecule has 0 fully saturated rings. The van der Waals surface area contributed by atoms with Gasteiger partial charge in [-0.3, -0.25) is 0 Å². The van der Waals surface area contributed by atoms with Crippen LogP contribution in [0.4, 0.5) is 0 Å². The van der Waals surface area contributed by atoms with Gasteiger partial charge in [0, 0.05) is 0 Å². The van der Waals surface area contributed by atoms with E-state index in [1.165, 1.54) is 0 Å². The first kappa shape index (κ1) is 13.9. The van der Waals surface area contributed by atoms with Crippen LogP contribution in [0, 0.1) is 0 Å². The second-order valence-corrected chi connectivity index (χ2v) is 6.11. The van der Waals surface area contributed by atoms with E-state index in [4.69, 9.17) is 4.52 Å². The van der Waals surface area contributed by atoms with E-state index in [2.05, 4.69) is 0 Å². The number of benzene rings is 2. The van der Waals surface area contributed by atoms with Crippen LogP contribution in [0.5, 0.6) is 5.75 Å². The molecule has 1 N–H and O–H groups in total. The Morgan fingerprint density at radius 1 is 1.05 bits per heavy atom. The normalized spacial score (nSPS) is 13.8. The smallest absolute Gasteiger partial charge is 0.380 e. The summed E-state index contributed by atoms with van der Waals surface area (Å²) in [5.41, 5.74) is 1.73. The molecule has 0 aliphatic heterocycles. The van der Waals surface area contributed by atoms with Crippen LogP contribution in [-0.2, 0) is 17.1 Å². The zero-order chi connectivity index (χ0) is 13.7. The molecule has 2 rings (SSSR count). The maximum atomic E-state index is 12.2. The Bertz CT molecular complexity index is 581. The van der Waals surface area contributed by atoms with Gasteiger partial charge in [0.05, 0.1) is 6.16 Å². The minimum absolute atomic E-state index is 0.0197. The van der Waals surface area contributed by atoms with Crippen molar-refractivity contribution in [1.82, 2.24) is 0 Å². The molecule has 0 aromatic heterocycles. The molecule has 3 nitrogen and oxygen atoms in total. The van der Waals surface area contributed by atoms with E-state index in [-0.39, 0.29) is 6.16 Å². The molecule has 1 unspecified atom stereocenters. The van der Waals surface area contributed by atoms with Crippen LogP contribution in [0.15, 0.2) is 54.6 Å². The zero-order valence-corrected chi connectivity index (χ0v) is 11.7. The van der Waals surface area contributed by atoms with Crippen molar-refractivity contribution >= 4 is 7.60 Å². The lowest BCUT2D eigenvalue weighted by Gasteiger charge is -2.15. The van der Waals surface area contributed by atoms with Crippen LogP contribution in [-0.4, -0.2) is 4.89 Å². The van der Waals surface area contributed by atoms with E-state index >= 15 is 0 Å². The molecular weight excluding hydrogens is 259 g/mol. The molecule has 0 amide bonds. The molecule has 1 atom stereocenters. The van der Waals surface area contributed by atoms with Crippen LogP contribution in [0.25, 0.3) is 0 Å². The summed E-state index contributed by atoms with van der Waals surface area (Å²) in [7, 11) is -3.68. The molecule has 0 saturated carbocycles. The second kappa shape index (κ2) is 6.05. The predicted molar refractivity (Wildman–Crippen MR) is 76.4 cm³/mol. The fourth-order valence-corrected chi connectivity index (χ4v) is 3.11. The Kier molecular flexibility index (Phi) is 4.41. The number of para-hydroxylation sites is 1. The first-order valence-corrected chi connectivity index (χ1v) is 8.00. The summed E-state index contributed by atoms with van der Waals surface area (Å²) < 4.78 is 17.5. The largest absolute Gasteiger partial charge is 0.424 e. The average Bonchev–Trinajstić information content (AvgIpc) is 2.39. The molecule has 0 heterocycles. The Labute approximate surface area is 113 Å². The van der Waals surface area contributed by atoms with Crippen molar-refractivity contribution in [3.05, 3.63) is 65.7 Å². The molecular formula is C15H17O3P. The zero-order valence-electron chi connectivity index (χ0n) is 10.8. The van der Waals surface area contributed by atoms with Gasteiger partial charge in [-0.05, 0) is 23.6 Å². The lowest BCUT2D eigenvalue weighted by atomic mass is 10.1. The van der Waals surface area contributed by atoms with Crippen molar-refractivity contribution in [2.75, 3.05) is 0 Å². The van der Waals surface area contributed by atoms with Gasteiger partial charge < -0.3 is 9.42 Å². The highest BCUT2D eigenvalue weighted by Crippen LogP contribution is 2.46. The van der Waals surface area contributed by atoms with Crippen molar-refractivity contribution in [3.8, 4) is 5.75 Å². The molecule has 2 aromatic rings. The van der Waals surface area contributed by atoms with Crippen molar-refractivity contribution in [1.29, 1.82) is 0 Å². The standard InChI is InChI=1S/C15H17O3P/c1-2-14-10-6-7-11-15(14)18-19(16,17)12-13-8-4-3-5-9-13/h3-11H,2,12H2,1H3,(H,16,17). The van der Waals surface area contributed by atoms with Gasteiger partial charge in [-0.25, -0.2) is 4.57 Å². The summed E-state index contributed by atoms with van der Waals surface area (Å²) in [4.78, 5) is 9.97. The van der Waals surface area contributed by atoms with Gasteiger partial charge in [0.25, 0.3) is 0 Å². The quantitative estimate of drug-likeness (QED) is 0.839. The second-order valence-electron chi connectivity index (χ2n) is 4.33. The van der Waals surface area contributed by atoms with Gasteiger partial charge in [0.15, 0.2) is 0 Å². The summed E-state index contributed by atoms with van der Waals surface area (Å²) >= 11 is 0. The summed E-state index contributed by atoms with van der Waals surface area (Å²) in [5.74, 6) is 0.492. The Hall–Kier alpha value is -1.57. The Morgan fingerprint density at radius 3 is 2.37 bits per heavy atom. The number of aryl methyl sites for hydroxylation is 1. The van der Waals surface area contributed by atoms with Gasteiger partial charge >= 0.3 is 7.60 Å². The maximum absolute atomic E-state index is 12.2. The molecule has 4 heteroatoms. The molecule has 100 valence electrons. The predicted octanol–water partition coefficient (Wildman–Crippen LogP) is 4.01. The van der Waals surface area contributed by atoms with Gasteiger partial charge in [0.2, 0.25) is 0 Å². The van der Waals surface area contributed by atoms with Gasteiger partial charge in [-0.15, -0.1) is 0 Å². The lowest BCUT2D eigenvalue weighted by Crippen LogP contribution is -1.98. The summed E-state index contributed by atoms with van der Waals surface area (Å²) in [6, 6.07) is 16.5. The first-order valence-electron chi connectivity index (χ1n) is 6.24. The molecule has 0 aliphatic carbocycles. The van der Waals surface area contributed by atoms with Crippen molar-refractivity contribution in [2.45, 2.75) is 19.5 Å². The van der Waals surface area contributed by atoms with Crippen molar-refractivity contribution < 1.29 is 14.0 Å². The topological polar surface area (TPSA) is 46.5 Å². The molecule has 0 bridgehead atoms. The van der Waals surface area contributed by atoms with Crippen LogP contribution in [0.1, 0.15) is 18.1 Å². The highest BCUT2D eigenvalue weighted by Gasteiger charge is 2.22. The van der Waals surface area contributed by atoms with Gasteiger partial charge in [0.1, 0.15) is 5.75 Å². The van der Waals surface area contributed by atoms with Gasteiger partial charge in [-0.2, -0.15) is 0 Å². The summed E-state index contributed by atoms with van der Waals surface area (Å²) in [6.45, 7) is 1.99. The SMILES string of the molecule is CCc1ccccc1OP(=O)(O)Cc1ccccc1. The lowest BCUT2D eigenvalue weighted by molar-refractivity contribution is 0.377. The van der Waals surface area contributed by atoms with Crippen LogP contribution in [0.2, 0.25) is 0 Å². The Morgan fingerprint density at radius 2 is 1.68 bits per heavy atom. The molecule has 2 aromatic carbocycles. The fraction of sp³-hybridized carbons (Fsp3) is 0.200. The third kappa shape index (κ3) is 3.95. The number of hydrogen-bond acceptors (Lipinski definition) is 2. The van der Waals surface area contributed by atoms with E-state index in [9.17, 15) is 9.46 Å². The van der Waals surface area contributed by atoms with E-state index in [1.54, 1.807) is 12.1 Å². The van der Waals surface area contributed by atoms with E-state index in [1.807, 2.05) is 49.4 Å². The van der Waals surface area contributed by atoms with E-state index in [0.717, 1.165) is 17.5 Å². The van der Waals surface area contributed by atoms with Crippen LogP contribution < -0.4 is 4.52 Å². The highest BCUT2D eigenvalue weighted by molar-refractivity contribution is 7.52. The number of rotatable bonds is 5. The van der Waals surface area contributed by atoms with Crippen LogP contribution in [0.3, 0.4) is 0 Å². The Balaban J connectivity index is 2.15. The highest BCUT2D eigenvalue weighted by atomic mass is 31.2. The molecule has 19 heavy (non-hydrogen) atoms. The van der Waals surface area contributed by atoms with Crippen molar-refractivity contribution in [2.24, 2.45) is 0 Å². The van der Waals surface area contributed by atoms with Crippen LogP contribution >= 0.6 is 7.60 Å². The van der Waals surface area contributed by atoms with Crippen molar-refractivity contribution in [3.63, 3.8) is 0 Å². The minimum atomic E-state index is -3.68. The monoisotopic (exact) mass is 276 g/mol. The first-order chi connectivity index (χ1) is 9.11. The molecule has 0 spiro atoms. The molecule has 0 aliphatic rings. The third-order valence-electron chi connectivity index (χ3n) is 2.82. The number of hydrogen-bond donors (Lipinski definition) is 1.